The molecule has 0 saturated carbocycles. The zero-order valence-corrected chi connectivity index (χ0v) is 77.0. The summed E-state index contributed by atoms with van der Waals surface area (Å²) >= 11 is 0. The van der Waals surface area contributed by atoms with Crippen LogP contribution in [-0.4, -0.2) is 307 Å². The van der Waals surface area contributed by atoms with Crippen molar-refractivity contribution >= 4 is 122 Å². The van der Waals surface area contributed by atoms with Crippen LogP contribution in [0.3, 0.4) is 0 Å². The molecule has 16 amide bonds. The maximum atomic E-state index is 15.9. The number of aliphatic carboxylic acids is 1. The van der Waals surface area contributed by atoms with Crippen molar-refractivity contribution in [1.29, 1.82) is 0 Å². The van der Waals surface area contributed by atoms with Crippen LogP contribution < -0.4 is 70.2 Å². The molecule has 133 heavy (non-hydrogen) atoms. The van der Waals surface area contributed by atoms with Crippen LogP contribution in [0.1, 0.15) is 161 Å². The quantitative estimate of drug-likeness (QED) is 0.0306. The Hall–Kier alpha value is -12.6. The molecule has 5 fully saturated rings. The molecule has 5 aliphatic heterocycles. The van der Waals surface area contributed by atoms with Crippen molar-refractivity contribution in [2.45, 2.75) is 260 Å². The highest BCUT2D eigenvalue weighted by Crippen LogP contribution is 2.48. The number of carboxylic acid groups (broad SMARTS) is 1. The number of fused-ring (bicyclic) bond motifs is 4. The number of hydrogen-bond donors (Lipinski definition) is 15. The number of carbonyl (C=O) groups excluding carboxylic acids is 16. The molecule has 15 atom stereocenters. The number of nitrogens with two attached hydrogens (primary N) is 4. The SMILES string of the molecule is CCCC[C@H]1C(=O)N(C)[C@@H](CCCC)C(=O)N[C@@H](CC(C)C)C(=O)N[C@H](C(N)=O)COCC(=O)N[C@@H](Cc2ccc(OC)cc2)C(=O)N2CCCC[C@@]23C(=O)N3[C@@H](CC(N)=O)C(=O)N2CCC[C@H]2C(=O)N[C@@H](CN)C(=O)N[C@@H](CC(C)C)C(=O)N2C[C@H](O)C[C@H]2C(=O)N[C@@H](Cc2c[nH]c3ccccc23)C(=O)N[C@@H](CCN)C(=O)N[C@@H](Cc2cn(CC(=O)O)c3ccccc23)C(=O)N1C. The first-order valence-electron chi connectivity index (χ1n) is 45.8. The lowest BCUT2D eigenvalue weighted by molar-refractivity contribution is -0.149. The van der Waals surface area contributed by atoms with Gasteiger partial charge in [0.25, 0.3) is 5.91 Å². The predicted molar refractivity (Wildman–Crippen MR) is 485 cm³/mol. The number of methoxy groups -OCH3 is 1. The molecule has 1 spiro atoms. The van der Waals surface area contributed by atoms with Gasteiger partial charge in [-0.15, -0.1) is 0 Å². The number of piperidine rings is 1. The van der Waals surface area contributed by atoms with Gasteiger partial charge in [-0.3, -0.25) is 86.4 Å². The molecule has 41 nitrogen and oxygen atoms in total. The number of nitrogens with zero attached hydrogens (tertiary/aromatic N) is 7. The van der Waals surface area contributed by atoms with Gasteiger partial charge < -0.3 is 119 Å². The molecule has 5 aromatic rings. The van der Waals surface area contributed by atoms with Crippen LogP contribution in [0.5, 0.6) is 5.75 Å². The van der Waals surface area contributed by atoms with Gasteiger partial charge in [-0.05, 0) is 124 Å². The monoisotopic (exact) mass is 1850 g/mol. The van der Waals surface area contributed by atoms with E-state index in [2.05, 4.69) is 47.5 Å². The molecule has 5 aliphatic rings. The van der Waals surface area contributed by atoms with Gasteiger partial charge in [0.1, 0.15) is 97.4 Å². The average molecular weight is 1850 g/mol. The van der Waals surface area contributed by atoms with E-state index in [-0.39, 0.29) is 109 Å². The van der Waals surface area contributed by atoms with E-state index in [1.54, 1.807) is 107 Å². The Morgan fingerprint density at radius 1 is 0.571 bits per heavy atom. The van der Waals surface area contributed by atoms with Crippen molar-refractivity contribution in [3.8, 4) is 5.75 Å². The molecule has 0 radical (unpaired) electrons. The first-order valence-corrected chi connectivity index (χ1v) is 45.8. The molecule has 2 aromatic heterocycles. The summed E-state index contributed by atoms with van der Waals surface area (Å²) in [5.41, 5.74) is 24.9. The van der Waals surface area contributed by atoms with Crippen LogP contribution in [0.15, 0.2) is 85.2 Å². The Bertz CT molecular complexity index is 5080. The van der Waals surface area contributed by atoms with Gasteiger partial charge in [-0.25, -0.2) is 0 Å². The number of likely N-dealkylation sites (N-methyl/N-ethyl adjacent to an activating group) is 2. The number of carboxylic acids is 1. The van der Waals surface area contributed by atoms with E-state index in [0.29, 0.717) is 82.8 Å². The van der Waals surface area contributed by atoms with E-state index in [0.717, 1.165) is 19.6 Å². The summed E-state index contributed by atoms with van der Waals surface area (Å²) in [4.78, 5) is 262. The maximum Gasteiger partial charge on any atom is 0.323 e. The molecule has 7 heterocycles. The molecule has 5 saturated heterocycles. The zero-order valence-electron chi connectivity index (χ0n) is 77.0. The Kier molecular flexibility index (Phi) is 35.9. The highest BCUT2D eigenvalue weighted by molar-refractivity contribution is 6.10. The molecule has 0 bridgehead atoms. The number of aromatic amines is 1. The summed E-state index contributed by atoms with van der Waals surface area (Å²) in [6, 6.07) is 0.479. The smallest absolute Gasteiger partial charge is 0.323 e. The Morgan fingerprint density at radius 3 is 1.81 bits per heavy atom. The molecule has 19 N–H and O–H groups in total. The number of primary amides is 2. The molecule has 41 heteroatoms. The molecule has 10 rings (SSSR count). The Balaban J connectivity index is 1.02. The van der Waals surface area contributed by atoms with Gasteiger partial charge in [0.2, 0.25) is 88.6 Å². The number of aliphatic hydroxyl groups is 1. The Labute approximate surface area is 771 Å². The first-order chi connectivity index (χ1) is 63.4. The molecule has 3 aromatic carbocycles. The van der Waals surface area contributed by atoms with E-state index in [1.165, 1.54) is 41.8 Å². The third-order valence-electron chi connectivity index (χ3n) is 25.3. The fraction of sp³-hybridized carbons (Fsp3) is 0.576. The zero-order chi connectivity index (χ0) is 97.0. The van der Waals surface area contributed by atoms with Gasteiger partial charge >= 0.3 is 5.97 Å². The number of ether oxygens (including phenoxy) is 2. The largest absolute Gasteiger partial charge is 0.497 e. The van der Waals surface area contributed by atoms with E-state index in [4.69, 9.17) is 32.4 Å². The number of H-pyrrole nitrogens is 1. The standard InChI is InChI=1S/C92H130N20O21/c1-10-12-24-70-83(123)100-62(37-51(3)4)80(120)105-68(78(96)118)49-133-50-76(115)98-65(39-53-28-30-57(132-9)31-29-53)88(128)111-36-19-18-33-92(111)91(131)112(92)74(43-75(95)114)90(130)109-35-20-27-71(109)84(124)104-67(44-94)82(122)102-64(38-52(5)6)87(127)110-47-56(113)42-73(110)85(125)101-63(40-54-45-97-60-23-16-14-21-58(54)60)81(121)99-61(32-34-93)79(119)103-66(86(126)107(8)72(25-13-11-2)89(129)106(70)7)41-55-46-108(48-77(116)117)69-26-17-15-22-59(55)69/h14-17,21-23,26,28-31,45-46,51-52,56,61-68,70-74,97,113H,10-13,18-20,24-25,27,32-44,47-50,93-94H2,1-9H3,(H2,95,114)(H2,96,118)(H,98,115)(H,99,121)(H,100,123)(H,101,125)(H,102,122)(H,103,119)(H,104,124)(H,105,120)(H,116,117)/t56-,61+,62+,63+,64+,65+,66+,67+,68+,70+,71+,72+,73+,74+,92-,112?/m1/s1. The van der Waals surface area contributed by atoms with Crippen molar-refractivity contribution in [2.24, 2.45) is 34.8 Å². The minimum Gasteiger partial charge on any atom is -0.497 e. The highest BCUT2D eigenvalue weighted by atomic mass is 16.5. The number of aliphatic hydroxyl groups excluding tert-OH is 1. The highest BCUT2D eigenvalue weighted by Gasteiger charge is 2.72. The van der Waals surface area contributed by atoms with Gasteiger partial charge in [0.15, 0.2) is 5.66 Å². The van der Waals surface area contributed by atoms with E-state index < -0.39 is 230 Å². The second-order valence-electron chi connectivity index (χ2n) is 36.0. The second-order valence-corrected chi connectivity index (χ2v) is 36.0. The summed E-state index contributed by atoms with van der Waals surface area (Å²) < 4.78 is 12.6. The number of amides is 16. The summed E-state index contributed by atoms with van der Waals surface area (Å²) in [7, 11) is 4.17. The number of carbonyl (C=O) groups is 17. The number of hydrogen-bond acceptors (Lipinski definition) is 22. The van der Waals surface area contributed by atoms with E-state index in [1.807, 2.05) is 13.8 Å². The van der Waals surface area contributed by atoms with Gasteiger partial charge in [-0.2, -0.15) is 0 Å². The third kappa shape index (κ3) is 25.2. The number of nitrogens with one attached hydrogen (secondary N) is 9. The van der Waals surface area contributed by atoms with Crippen LogP contribution in [0.2, 0.25) is 0 Å². The topological polar surface area (TPSA) is 589 Å². The molecule has 724 valence electrons. The number of aromatic nitrogens is 2. The van der Waals surface area contributed by atoms with Crippen LogP contribution in [0, 0.1) is 11.8 Å². The average Bonchev–Trinajstić information content (AvgIpc) is 1.52. The minimum absolute atomic E-state index is 0.00113. The normalized spacial score (nSPS) is 26.4. The van der Waals surface area contributed by atoms with Gasteiger partial charge in [0, 0.05) is 100 Å². The second kappa shape index (κ2) is 46.6. The lowest BCUT2D eigenvalue weighted by Crippen LogP contribution is -2.61. The van der Waals surface area contributed by atoms with Crippen molar-refractivity contribution in [1.82, 2.24) is 81.5 Å². The van der Waals surface area contributed by atoms with E-state index in [9.17, 15) is 48.6 Å². The summed E-state index contributed by atoms with van der Waals surface area (Å²) in [6.07, 6.45) is 1.90. The number of benzene rings is 3. The fourth-order valence-electron chi connectivity index (χ4n) is 18.4. The maximum absolute atomic E-state index is 15.9. The third-order valence-corrected chi connectivity index (χ3v) is 25.3. The lowest BCUT2D eigenvalue weighted by atomic mass is 9.97. The number of unbranched alkanes of at least 4 members (excludes halogenated alkanes) is 2. The summed E-state index contributed by atoms with van der Waals surface area (Å²) in [6.45, 7) is 7.12. The molecule has 0 aliphatic carbocycles. The predicted octanol–water partition coefficient (Wildman–Crippen LogP) is -1.18. The first kappa shape index (κ1) is 102. The minimum atomic E-state index is -1.89. The number of para-hydroxylation sites is 2. The van der Waals surface area contributed by atoms with Gasteiger partial charge in [-0.1, -0.05) is 116 Å². The van der Waals surface area contributed by atoms with Crippen LogP contribution in [0.25, 0.3) is 21.8 Å². The van der Waals surface area contributed by atoms with E-state index >= 15 is 43.2 Å². The van der Waals surface area contributed by atoms with Crippen LogP contribution in [0.4, 0.5) is 0 Å². The van der Waals surface area contributed by atoms with Crippen LogP contribution >= 0.6 is 0 Å². The van der Waals surface area contributed by atoms with Crippen molar-refractivity contribution in [3.05, 3.63) is 102 Å². The van der Waals surface area contributed by atoms with Gasteiger partial charge in [0.05, 0.1) is 26.2 Å². The molecule has 0 unspecified atom stereocenters. The molecular weight excluding hydrogens is 1720 g/mol. The Morgan fingerprint density at radius 2 is 1.16 bits per heavy atom. The summed E-state index contributed by atoms with van der Waals surface area (Å²) in [5.74, 6) is -15.9. The van der Waals surface area contributed by atoms with Crippen molar-refractivity contribution < 1.29 is 101 Å². The summed E-state index contributed by atoms with van der Waals surface area (Å²) in [5, 5.41) is 44.5. The van der Waals surface area contributed by atoms with Crippen molar-refractivity contribution in [3.63, 3.8) is 0 Å². The molecular formula is C92H130N20O21. The lowest BCUT2D eigenvalue weighted by Gasteiger charge is -2.38. The fourth-order valence-corrected chi connectivity index (χ4v) is 18.4. The number of rotatable bonds is 25. The van der Waals surface area contributed by atoms with Crippen molar-refractivity contribution in [2.75, 3.05) is 67.1 Å². The van der Waals surface area contributed by atoms with Crippen LogP contribution in [-0.2, 0) is 112 Å².